The normalized spacial score (nSPS) is 15.3. The third-order valence-corrected chi connectivity index (χ3v) is 8.96. The van der Waals surface area contributed by atoms with Crippen LogP contribution in [0.1, 0.15) is 38.7 Å². The summed E-state index contributed by atoms with van der Waals surface area (Å²) in [6.45, 7) is 7.70. The van der Waals surface area contributed by atoms with Crippen molar-refractivity contribution in [1.82, 2.24) is 4.31 Å². The van der Waals surface area contributed by atoms with Crippen LogP contribution in [0.2, 0.25) is 0 Å². The second kappa shape index (κ2) is 9.58. The molecule has 1 aliphatic heterocycles. The van der Waals surface area contributed by atoms with Gasteiger partial charge in [-0.25, -0.2) is 16.8 Å². The van der Waals surface area contributed by atoms with Gasteiger partial charge in [0.1, 0.15) is 0 Å². The lowest BCUT2D eigenvalue weighted by molar-refractivity contribution is 0.445. The molecule has 9 heteroatoms. The summed E-state index contributed by atoms with van der Waals surface area (Å²) in [5, 5.41) is 0. The predicted octanol–water partition coefficient (Wildman–Crippen LogP) is 3.82. The number of anilines is 2. The molecule has 0 aromatic heterocycles. The molecular formula is C22H31N3O4S2. The topological polar surface area (TPSA) is 86.8 Å². The molecule has 0 bridgehead atoms. The Morgan fingerprint density at radius 1 is 0.903 bits per heavy atom. The minimum atomic E-state index is -3.88. The van der Waals surface area contributed by atoms with Gasteiger partial charge in [-0.2, -0.15) is 4.31 Å². The van der Waals surface area contributed by atoms with E-state index in [1.807, 2.05) is 13.0 Å². The molecule has 7 nitrogen and oxygen atoms in total. The van der Waals surface area contributed by atoms with E-state index < -0.39 is 20.0 Å². The lowest BCUT2D eigenvalue weighted by Crippen LogP contribution is -2.32. The number of nitrogens with zero attached hydrogens (tertiary/aromatic N) is 2. The van der Waals surface area contributed by atoms with Gasteiger partial charge in [-0.3, -0.25) is 4.72 Å². The molecule has 1 aliphatic rings. The molecule has 2 aromatic rings. The average molecular weight is 466 g/mol. The largest absolute Gasteiger partial charge is 0.370 e. The summed E-state index contributed by atoms with van der Waals surface area (Å²) in [6, 6.07) is 11.4. The van der Waals surface area contributed by atoms with Gasteiger partial charge < -0.3 is 4.90 Å². The third kappa shape index (κ3) is 5.22. The summed E-state index contributed by atoms with van der Waals surface area (Å²) in [6.07, 6.45) is 3.17. The summed E-state index contributed by atoms with van der Waals surface area (Å²) in [5.74, 6) is 0. The zero-order valence-corrected chi connectivity index (χ0v) is 20.0. The first kappa shape index (κ1) is 23.6. The van der Waals surface area contributed by atoms with Gasteiger partial charge >= 0.3 is 0 Å². The molecule has 170 valence electrons. The zero-order valence-electron chi connectivity index (χ0n) is 18.3. The number of aryl methyl sites for hydroxylation is 1. The first-order chi connectivity index (χ1) is 14.7. The van der Waals surface area contributed by atoms with Crippen molar-refractivity contribution < 1.29 is 16.8 Å². The standard InChI is InChI=1S/C22H31N3O4S2/c1-4-25(5-2)31(28,29)20-12-13-22(24-14-7-6-8-15-24)21(17-20)23-30(26,27)19-11-9-10-18(3)16-19/h9-13,16-17,23H,4-8,14-15H2,1-3H3. The van der Waals surface area contributed by atoms with Crippen molar-refractivity contribution in [2.24, 2.45) is 0 Å². The second-order valence-electron chi connectivity index (χ2n) is 7.74. The van der Waals surface area contributed by atoms with Crippen LogP contribution in [0.25, 0.3) is 0 Å². The molecule has 2 aromatic carbocycles. The lowest BCUT2D eigenvalue weighted by Gasteiger charge is -2.31. The average Bonchev–Trinajstić information content (AvgIpc) is 2.75. The Kier molecular flexibility index (Phi) is 7.28. The molecule has 1 N–H and O–H groups in total. The molecule has 3 rings (SSSR count). The van der Waals surface area contributed by atoms with E-state index in [9.17, 15) is 16.8 Å². The van der Waals surface area contributed by atoms with E-state index in [0.29, 0.717) is 18.8 Å². The fraction of sp³-hybridized carbons (Fsp3) is 0.455. The van der Waals surface area contributed by atoms with E-state index in [0.717, 1.165) is 37.9 Å². The highest BCUT2D eigenvalue weighted by atomic mass is 32.2. The van der Waals surface area contributed by atoms with Crippen LogP contribution in [0.15, 0.2) is 52.3 Å². The molecule has 0 saturated carbocycles. The summed E-state index contributed by atoms with van der Waals surface area (Å²) < 4.78 is 56.3. The van der Waals surface area contributed by atoms with Gasteiger partial charge in [-0.05, 0) is 62.1 Å². The first-order valence-corrected chi connectivity index (χ1v) is 13.6. The molecule has 0 spiro atoms. The van der Waals surface area contributed by atoms with Crippen molar-refractivity contribution in [2.45, 2.75) is 49.8 Å². The van der Waals surface area contributed by atoms with Gasteiger partial charge in [0.15, 0.2) is 0 Å². The SMILES string of the molecule is CCN(CC)S(=O)(=O)c1ccc(N2CCCCC2)c(NS(=O)(=O)c2cccc(C)c2)c1. The van der Waals surface area contributed by atoms with Crippen LogP contribution in [0.3, 0.4) is 0 Å². The third-order valence-electron chi connectivity index (χ3n) is 5.55. The monoisotopic (exact) mass is 465 g/mol. The zero-order chi connectivity index (χ0) is 22.6. The number of hydrogen-bond donors (Lipinski definition) is 1. The summed E-state index contributed by atoms with van der Waals surface area (Å²) in [5.41, 5.74) is 1.82. The Hall–Kier alpha value is -2.10. The molecule has 0 amide bonds. The van der Waals surface area contributed by atoms with E-state index in [1.165, 1.54) is 16.4 Å². The van der Waals surface area contributed by atoms with Crippen molar-refractivity contribution in [3.8, 4) is 0 Å². The van der Waals surface area contributed by atoms with Crippen LogP contribution in [0.4, 0.5) is 11.4 Å². The van der Waals surface area contributed by atoms with Crippen molar-refractivity contribution in [2.75, 3.05) is 35.8 Å². The Balaban J connectivity index is 2.08. The Bertz CT molecular complexity index is 1120. The maximum Gasteiger partial charge on any atom is 0.261 e. The van der Waals surface area contributed by atoms with Crippen LogP contribution in [0.5, 0.6) is 0 Å². The molecule has 1 heterocycles. The van der Waals surface area contributed by atoms with Crippen molar-refractivity contribution in [3.05, 3.63) is 48.0 Å². The van der Waals surface area contributed by atoms with Gasteiger partial charge in [0.05, 0.1) is 21.2 Å². The molecule has 0 unspecified atom stereocenters. The highest BCUT2D eigenvalue weighted by molar-refractivity contribution is 7.92. The van der Waals surface area contributed by atoms with E-state index in [1.54, 1.807) is 38.1 Å². The van der Waals surface area contributed by atoms with Crippen LogP contribution in [-0.2, 0) is 20.0 Å². The number of nitrogens with one attached hydrogen (secondary N) is 1. The summed E-state index contributed by atoms with van der Waals surface area (Å²) in [4.78, 5) is 2.35. The van der Waals surface area contributed by atoms with Gasteiger partial charge in [0.2, 0.25) is 10.0 Å². The van der Waals surface area contributed by atoms with Gasteiger partial charge in [-0.15, -0.1) is 0 Å². The van der Waals surface area contributed by atoms with Gasteiger partial charge in [0, 0.05) is 26.2 Å². The minimum Gasteiger partial charge on any atom is -0.370 e. The molecular weight excluding hydrogens is 434 g/mol. The first-order valence-electron chi connectivity index (χ1n) is 10.7. The number of benzene rings is 2. The fourth-order valence-electron chi connectivity index (χ4n) is 3.87. The summed E-state index contributed by atoms with van der Waals surface area (Å²) in [7, 11) is -7.59. The number of rotatable bonds is 8. The van der Waals surface area contributed by atoms with Gasteiger partial charge in [-0.1, -0.05) is 26.0 Å². The molecule has 0 radical (unpaired) electrons. The van der Waals surface area contributed by atoms with E-state index in [-0.39, 0.29) is 15.5 Å². The van der Waals surface area contributed by atoms with Crippen molar-refractivity contribution in [1.29, 1.82) is 0 Å². The summed E-state index contributed by atoms with van der Waals surface area (Å²) >= 11 is 0. The quantitative estimate of drug-likeness (QED) is 0.640. The number of hydrogen-bond acceptors (Lipinski definition) is 5. The van der Waals surface area contributed by atoms with E-state index in [4.69, 9.17) is 0 Å². The lowest BCUT2D eigenvalue weighted by atomic mass is 10.1. The molecule has 1 fully saturated rings. The van der Waals surface area contributed by atoms with Crippen molar-refractivity contribution in [3.63, 3.8) is 0 Å². The fourth-order valence-corrected chi connectivity index (χ4v) is 6.52. The molecule has 0 atom stereocenters. The number of piperidine rings is 1. The van der Waals surface area contributed by atoms with E-state index in [2.05, 4.69) is 9.62 Å². The highest BCUT2D eigenvalue weighted by Crippen LogP contribution is 2.33. The maximum absolute atomic E-state index is 13.1. The minimum absolute atomic E-state index is 0.0823. The smallest absolute Gasteiger partial charge is 0.261 e. The molecule has 1 saturated heterocycles. The van der Waals surface area contributed by atoms with Crippen LogP contribution >= 0.6 is 0 Å². The van der Waals surface area contributed by atoms with E-state index >= 15 is 0 Å². The van der Waals surface area contributed by atoms with Crippen LogP contribution in [-0.4, -0.2) is 47.3 Å². The molecule has 0 aliphatic carbocycles. The van der Waals surface area contributed by atoms with Gasteiger partial charge in [0.25, 0.3) is 10.0 Å². The van der Waals surface area contributed by atoms with Crippen molar-refractivity contribution >= 4 is 31.4 Å². The Morgan fingerprint density at radius 2 is 1.58 bits per heavy atom. The number of sulfonamides is 2. The predicted molar refractivity (Wildman–Crippen MR) is 125 cm³/mol. The maximum atomic E-state index is 13.1. The Labute approximate surface area is 186 Å². The van der Waals surface area contributed by atoms with Crippen LogP contribution in [0, 0.1) is 6.92 Å². The molecule has 31 heavy (non-hydrogen) atoms. The second-order valence-corrected chi connectivity index (χ2v) is 11.4. The Morgan fingerprint density at radius 3 is 2.19 bits per heavy atom. The van der Waals surface area contributed by atoms with Crippen LogP contribution < -0.4 is 9.62 Å². The highest BCUT2D eigenvalue weighted by Gasteiger charge is 2.26.